The number of aliphatic carboxylic acids is 1. The highest BCUT2D eigenvalue weighted by atomic mass is 35.5. The predicted molar refractivity (Wildman–Crippen MR) is 80.5 cm³/mol. The molecule has 1 unspecified atom stereocenters. The average molecular weight is 350 g/mol. The zero-order valence-corrected chi connectivity index (χ0v) is 13.7. The SMILES string of the molecule is CC(C)(C)OC(=O)NC(CCc1ccc(F)c(Cl)c1F)C(=O)O. The normalized spacial score (nSPS) is 12.6. The van der Waals surface area contributed by atoms with Gasteiger partial charge in [0.1, 0.15) is 28.3 Å². The van der Waals surface area contributed by atoms with E-state index in [2.05, 4.69) is 5.32 Å². The summed E-state index contributed by atoms with van der Waals surface area (Å²) < 4.78 is 31.8. The minimum Gasteiger partial charge on any atom is -0.480 e. The number of carboxylic acids is 1. The van der Waals surface area contributed by atoms with Crippen molar-refractivity contribution in [2.45, 2.75) is 45.3 Å². The number of halogens is 3. The number of nitrogens with one attached hydrogen (secondary N) is 1. The number of benzene rings is 1. The van der Waals surface area contributed by atoms with Crippen molar-refractivity contribution in [3.63, 3.8) is 0 Å². The lowest BCUT2D eigenvalue weighted by Crippen LogP contribution is -2.43. The Morgan fingerprint density at radius 2 is 1.96 bits per heavy atom. The van der Waals surface area contributed by atoms with Gasteiger partial charge in [0.25, 0.3) is 0 Å². The molecular weight excluding hydrogens is 332 g/mol. The van der Waals surface area contributed by atoms with Crippen LogP contribution >= 0.6 is 11.6 Å². The molecule has 0 heterocycles. The van der Waals surface area contributed by atoms with Gasteiger partial charge in [-0.25, -0.2) is 18.4 Å². The van der Waals surface area contributed by atoms with Gasteiger partial charge in [0, 0.05) is 0 Å². The molecule has 0 aliphatic carbocycles. The fraction of sp³-hybridized carbons (Fsp3) is 0.467. The number of carbonyl (C=O) groups excluding carboxylic acids is 1. The first-order valence-electron chi connectivity index (χ1n) is 6.86. The van der Waals surface area contributed by atoms with E-state index in [1.165, 1.54) is 6.07 Å². The standard InChI is InChI=1S/C15H18ClF2NO4/c1-15(2,3)23-14(22)19-10(13(20)21)7-5-8-4-6-9(17)11(16)12(8)18/h4,6,10H,5,7H2,1-3H3,(H,19,22)(H,20,21). The number of carboxylic acid groups (broad SMARTS) is 1. The molecule has 8 heteroatoms. The zero-order valence-electron chi connectivity index (χ0n) is 13.0. The lowest BCUT2D eigenvalue weighted by Gasteiger charge is -2.22. The molecule has 0 aromatic heterocycles. The second kappa shape index (κ2) is 7.59. The maximum absolute atomic E-state index is 13.8. The van der Waals surface area contributed by atoms with Crippen molar-refractivity contribution in [2.75, 3.05) is 0 Å². The predicted octanol–water partition coefficient (Wildman–Crippen LogP) is 3.53. The van der Waals surface area contributed by atoms with E-state index >= 15 is 0 Å². The minimum atomic E-state index is -1.29. The van der Waals surface area contributed by atoms with Crippen LogP contribution in [0.1, 0.15) is 32.8 Å². The van der Waals surface area contributed by atoms with E-state index in [-0.39, 0.29) is 18.4 Å². The van der Waals surface area contributed by atoms with Gasteiger partial charge in [-0.2, -0.15) is 0 Å². The van der Waals surface area contributed by atoms with Gasteiger partial charge >= 0.3 is 12.1 Å². The van der Waals surface area contributed by atoms with Gasteiger partial charge in [-0.05, 0) is 45.2 Å². The van der Waals surface area contributed by atoms with Gasteiger partial charge in [-0.1, -0.05) is 17.7 Å². The highest BCUT2D eigenvalue weighted by Gasteiger charge is 2.24. The first-order valence-corrected chi connectivity index (χ1v) is 7.23. The van der Waals surface area contributed by atoms with Gasteiger partial charge in [0.2, 0.25) is 0 Å². The van der Waals surface area contributed by atoms with Crippen molar-refractivity contribution in [2.24, 2.45) is 0 Å². The molecule has 1 aromatic rings. The summed E-state index contributed by atoms with van der Waals surface area (Å²) in [5.41, 5.74) is -0.711. The quantitative estimate of drug-likeness (QED) is 0.797. The second-order valence-electron chi connectivity index (χ2n) is 5.91. The topological polar surface area (TPSA) is 75.6 Å². The molecule has 1 atom stereocenters. The number of carbonyl (C=O) groups is 2. The number of hydrogen-bond donors (Lipinski definition) is 2. The number of hydrogen-bond acceptors (Lipinski definition) is 3. The summed E-state index contributed by atoms with van der Waals surface area (Å²) in [5.74, 6) is -3.12. The van der Waals surface area contributed by atoms with Crippen molar-refractivity contribution < 1.29 is 28.2 Å². The maximum atomic E-state index is 13.8. The Kier molecular flexibility index (Phi) is 6.32. The number of aryl methyl sites for hydroxylation is 1. The summed E-state index contributed by atoms with van der Waals surface area (Å²) >= 11 is 5.46. The highest BCUT2D eigenvalue weighted by molar-refractivity contribution is 6.30. The lowest BCUT2D eigenvalue weighted by molar-refractivity contribution is -0.139. The van der Waals surface area contributed by atoms with E-state index < -0.39 is 40.4 Å². The zero-order chi connectivity index (χ0) is 17.8. The summed E-state index contributed by atoms with van der Waals surface area (Å²) in [6.07, 6.45) is -1.03. The smallest absolute Gasteiger partial charge is 0.408 e. The molecule has 23 heavy (non-hydrogen) atoms. The molecule has 128 valence electrons. The van der Waals surface area contributed by atoms with Gasteiger partial charge in [0.15, 0.2) is 0 Å². The van der Waals surface area contributed by atoms with Gasteiger partial charge in [-0.15, -0.1) is 0 Å². The Balaban J connectivity index is 2.73. The highest BCUT2D eigenvalue weighted by Crippen LogP contribution is 2.23. The van der Waals surface area contributed by atoms with E-state index in [1.54, 1.807) is 20.8 Å². The largest absolute Gasteiger partial charge is 0.480 e. The molecule has 1 aromatic carbocycles. The van der Waals surface area contributed by atoms with Crippen molar-refractivity contribution >= 4 is 23.7 Å². The van der Waals surface area contributed by atoms with Crippen LogP contribution in [0, 0.1) is 11.6 Å². The van der Waals surface area contributed by atoms with E-state index in [0.717, 1.165) is 6.07 Å². The van der Waals surface area contributed by atoms with E-state index in [4.69, 9.17) is 21.4 Å². The molecule has 1 rings (SSSR count). The molecule has 0 aliphatic rings. The molecule has 0 radical (unpaired) electrons. The van der Waals surface area contributed by atoms with Gasteiger partial charge in [-0.3, -0.25) is 0 Å². The van der Waals surface area contributed by atoms with Crippen molar-refractivity contribution in [1.82, 2.24) is 5.32 Å². The third kappa shape index (κ3) is 6.02. The molecule has 0 fully saturated rings. The summed E-state index contributed by atoms with van der Waals surface area (Å²) in [5, 5.41) is 10.7. The van der Waals surface area contributed by atoms with Crippen LogP contribution in [0.2, 0.25) is 5.02 Å². The third-order valence-electron chi connectivity index (χ3n) is 2.81. The lowest BCUT2D eigenvalue weighted by atomic mass is 10.0. The van der Waals surface area contributed by atoms with E-state index in [0.29, 0.717) is 0 Å². The molecule has 0 saturated heterocycles. The van der Waals surface area contributed by atoms with Gasteiger partial charge in [0.05, 0.1) is 0 Å². The Morgan fingerprint density at radius 3 is 2.48 bits per heavy atom. The van der Waals surface area contributed by atoms with Crippen LogP contribution in [-0.4, -0.2) is 28.8 Å². The molecule has 0 saturated carbocycles. The van der Waals surface area contributed by atoms with Crippen LogP contribution in [0.3, 0.4) is 0 Å². The Hall–Kier alpha value is -1.89. The minimum absolute atomic E-state index is 0.0431. The first kappa shape index (κ1) is 19.2. The first-order chi connectivity index (χ1) is 10.5. The molecule has 0 spiro atoms. The van der Waals surface area contributed by atoms with Crippen LogP contribution in [0.15, 0.2) is 12.1 Å². The van der Waals surface area contributed by atoms with Crippen molar-refractivity contribution in [1.29, 1.82) is 0 Å². The molecule has 2 N–H and O–H groups in total. The van der Waals surface area contributed by atoms with Crippen molar-refractivity contribution in [3.05, 3.63) is 34.4 Å². The summed E-state index contributed by atoms with van der Waals surface area (Å²) in [6.45, 7) is 4.91. The second-order valence-corrected chi connectivity index (χ2v) is 6.29. The van der Waals surface area contributed by atoms with Gasteiger partial charge < -0.3 is 15.2 Å². The summed E-state index contributed by atoms with van der Waals surface area (Å²) in [7, 11) is 0. The number of rotatable bonds is 5. The fourth-order valence-corrected chi connectivity index (χ4v) is 1.95. The fourth-order valence-electron chi connectivity index (χ4n) is 1.77. The molecule has 0 aliphatic heterocycles. The monoisotopic (exact) mass is 349 g/mol. The Morgan fingerprint density at radius 1 is 1.35 bits per heavy atom. The van der Waals surface area contributed by atoms with Crippen LogP contribution in [-0.2, 0) is 16.0 Å². The molecule has 5 nitrogen and oxygen atoms in total. The molecule has 1 amide bonds. The van der Waals surface area contributed by atoms with Crippen LogP contribution in [0.25, 0.3) is 0 Å². The number of amides is 1. The summed E-state index contributed by atoms with van der Waals surface area (Å²) in [4.78, 5) is 22.8. The van der Waals surface area contributed by atoms with Crippen LogP contribution < -0.4 is 5.32 Å². The third-order valence-corrected chi connectivity index (χ3v) is 3.15. The van der Waals surface area contributed by atoms with E-state index in [9.17, 15) is 18.4 Å². The average Bonchev–Trinajstić information content (AvgIpc) is 2.40. The van der Waals surface area contributed by atoms with Crippen LogP contribution in [0.4, 0.5) is 13.6 Å². The summed E-state index contributed by atoms with van der Waals surface area (Å²) in [6, 6.07) is 0.911. The van der Waals surface area contributed by atoms with Crippen LogP contribution in [0.5, 0.6) is 0 Å². The molecule has 0 bridgehead atoms. The molecular formula is C15H18ClF2NO4. The maximum Gasteiger partial charge on any atom is 0.408 e. The number of alkyl carbamates (subject to hydrolysis) is 1. The Bertz CT molecular complexity index is 602. The Labute approximate surface area is 137 Å². The van der Waals surface area contributed by atoms with Crippen molar-refractivity contribution in [3.8, 4) is 0 Å². The van der Waals surface area contributed by atoms with E-state index in [1.807, 2.05) is 0 Å². The number of ether oxygens (including phenoxy) is 1.